The minimum Gasteiger partial charge on any atom is -0.315 e. The number of hydrogen-bond acceptors (Lipinski definition) is 2. The lowest BCUT2D eigenvalue weighted by Gasteiger charge is -2.19. The third kappa shape index (κ3) is 3.79. The molecule has 0 radical (unpaired) electrons. The molecular weight excluding hydrogens is 215 g/mol. The van der Waals surface area contributed by atoms with E-state index in [-0.39, 0.29) is 5.82 Å². The molecule has 17 heavy (non-hydrogen) atoms. The molecule has 1 fully saturated rings. The molecule has 2 rings (SSSR count). The smallest absolute Gasteiger partial charge is 0.126 e. The first-order valence-electron chi connectivity index (χ1n) is 6.44. The van der Waals surface area contributed by atoms with E-state index in [1.54, 1.807) is 6.07 Å². The molecule has 1 heterocycles. The topological polar surface area (TPSA) is 15.3 Å². The third-order valence-corrected chi connectivity index (χ3v) is 3.37. The van der Waals surface area contributed by atoms with Crippen LogP contribution in [0.3, 0.4) is 0 Å². The Morgan fingerprint density at radius 2 is 2.18 bits per heavy atom. The van der Waals surface area contributed by atoms with Crippen molar-refractivity contribution >= 4 is 0 Å². The summed E-state index contributed by atoms with van der Waals surface area (Å²) in [6, 6.07) is 5.44. The fourth-order valence-electron chi connectivity index (χ4n) is 2.27. The zero-order valence-electron chi connectivity index (χ0n) is 10.5. The van der Waals surface area contributed by atoms with E-state index in [4.69, 9.17) is 0 Å². The fraction of sp³-hybridized carbons (Fsp3) is 0.571. The zero-order valence-corrected chi connectivity index (χ0v) is 10.5. The van der Waals surface area contributed by atoms with Gasteiger partial charge >= 0.3 is 0 Å². The number of hydrogen-bond donors (Lipinski definition) is 1. The van der Waals surface area contributed by atoms with E-state index in [2.05, 4.69) is 10.2 Å². The Morgan fingerprint density at radius 1 is 1.29 bits per heavy atom. The van der Waals surface area contributed by atoms with Gasteiger partial charge in [-0.15, -0.1) is 0 Å². The lowest BCUT2D eigenvalue weighted by Crippen LogP contribution is -2.30. The van der Waals surface area contributed by atoms with Crippen LogP contribution in [0.4, 0.5) is 4.39 Å². The number of halogens is 1. The molecule has 0 atom stereocenters. The highest BCUT2D eigenvalue weighted by Crippen LogP contribution is 2.10. The van der Waals surface area contributed by atoms with Crippen LogP contribution in [0.15, 0.2) is 18.2 Å². The zero-order chi connectivity index (χ0) is 12.1. The molecule has 1 aromatic carbocycles. The maximum atomic E-state index is 13.1. The van der Waals surface area contributed by atoms with Gasteiger partial charge in [0.25, 0.3) is 0 Å². The SMILES string of the molecule is Cc1cc(CCN2CCCNCC2)ccc1F. The second kappa shape index (κ2) is 6.12. The van der Waals surface area contributed by atoms with Crippen molar-refractivity contribution in [1.29, 1.82) is 0 Å². The average molecular weight is 236 g/mol. The van der Waals surface area contributed by atoms with E-state index < -0.39 is 0 Å². The molecule has 0 bridgehead atoms. The molecule has 1 aromatic rings. The molecule has 0 saturated carbocycles. The third-order valence-electron chi connectivity index (χ3n) is 3.37. The summed E-state index contributed by atoms with van der Waals surface area (Å²) < 4.78 is 13.1. The number of nitrogens with one attached hydrogen (secondary N) is 1. The number of aryl methyl sites for hydroxylation is 1. The number of rotatable bonds is 3. The second-order valence-corrected chi connectivity index (χ2v) is 4.78. The fourth-order valence-corrected chi connectivity index (χ4v) is 2.27. The molecule has 3 heteroatoms. The van der Waals surface area contributed by atoms with Crippen molar-refractivity contribution in [3.8, 4) is 0 Å². The van der Waals surface area contributed by atoms with Crippen molar-refractivity contribution in [3.63, 3.8) is 0 Å². The van der Waals surface area contributed by atoms with Crippen LogP contribution in [0.25, 0.3) is 0 Å². The van der Waals surface area contributed by atoms with Gasteiger partial charge in [0.2, 0.25) is 0 Å². The summed E-state index contributed by atoms with van der Waals surface area (Å²) in [5.74, 6) is -0.104. The van der Waals surface area contributed by atoms with Crippen LogP contribution in [-0.2, 0) is 6.42 Å². The van der Waals surface area contributed by atoms with E-state index in [1.165, 1.54) is 18.5 Å². The first-order chi connectivity index (χ1) is 8.25. The number of benzene rings is 1. The molecule has 1 saturated heterocycles. The van der Waals surface area contributed by atoms with Gasteiger partial charge in [-0.25, -0.2) is 4.39 Å². The Morgan fingerprint density at radius 3 is 3.00 bits per heavy atom. The van der Waals surface area contributed by atoms with E-state index in [0.29, 0.717) is 0 Å². The van der Waals surface area contributed by atoms with Crippen LogP contribution >= 0.6 is 0 Å². The van der Waals surface area contributed by atoms with E-state index in [9.17, 15) is 4.39 Å². The van der Waals surface area contributed by atoms with E-state index in [1.807, 2.05) is 19.1 Å². The summed E-state index contributed by atoms with van der Waals surface area (Å²) >= 11 is 0. The first kappa shape index (κ1) is 12.5. The van der Waals surface area contributed by atoms with Crippen LogP contribution < -0.4 is 5.32 Å². The van der Waals surface area contributed by atoms with Crippen LogP contribution in [-0.4, -0.2) is 37.6 Å². The van der Waals surface area contributed by atoms with E-state index in [0.717, 1.165) is 38.2 Å². The molecule has 94 valence electrons. The number of nitrogens with zero attached hydrogens (tertiary/aromatic N) is 1. The van der Waals surface area contributed by atoms with Gasteiger partial charge in [-0.1, -0.05) is 12.1 Å². The monoisotopic (exact) mass is 236 g/mol. The van der Waals surface area contributed by atoms with Crippen LogP contribution in [0, 0.1) is 12.7 Å². The molecule has 0 unspecified atom stereocenters. The summed E-state index contributed by atoms with van der Waals surface area (Å²) in [5.41, 5.74) is 1.99. The van der Waals surface area contributed by atoms with Gasteiger partial charge in [-0.3, -0.25) is 0 Å². The Hall–Kier alpha value is -0.930. The predicted molar refractivity (Wildman–Crippen MR) is 68.8 cm³/mol. The van der Waals surface area contributed by atoms with Gasteiger partial charge in [-0.2, -0.15) is 0 Å². The summed E-state index contributed by atoms with van der Waals surface area (Å²) in [6.45, 7) is 7.42. The lowest BCUT2D eigenvalue weighted by atomic mass is 10.1. The molecular formula is C14H21FN2. The molecule has 0 aliphatic carbocycles. The van der Waals surface area contributed by atoms with Crippen molar-refractivity contribution in [3.05, 3.63) is 35.1 Å². The highest BCUT2D eigenvalue weighted by molar-refractivity contribution is 5.24. The summed E-state index contributed by atoms with van der Waals surface area (Å²) in [6.07, 6.45) is 2.24. The quantitative estimate of drug-likeness (QED) is 0.863. The molecule has 1 aliphatic rings. The Balaban J connectivity index is 1.85. The largest absolute Gasteiger partial charge is 0.315 e. The van der Waals surface area contributed by atoms with Crippen molar-refractivity contribution in [1.82, 2.24) is 10.2 Å². The van der Waals surface area contributed by atoms with Gasteiger partial charge in [0.05, 0.1) is 0 Å². The highest BCUT2D eigenvalue weighted by Gasteiger charge is 2.08. The lowest BCUT2D eigenvalue weighted by molar-refractivity contribution is 0.296. The van der Waals surface area contributed by atoms with Gasteiger partial charge in [0.15, 0.2) is 0 Å². The minimum atomic E-state index is -0.104. The summed E-state index contributed by atoms with van der Waals surface area (Å²) in [5, 5.41) is 3.40. The Bertz CT molecular complexity index is 357. The van der Waals surface area contributed by atoms with Gasteiger partial charge in [-0.05, 0) is 50.0 Å². The minimum absolute atomic E-state index is 0.104. The van der Waals surface area contributed by atoms with Crippen LogP contribution in [0.2, 0.25) is 0 Å². The van der Waals surface area contributed by atoms with Crippen molar-refractivity contribution in [2.75, 3.05) is 32.7 Å². The van der Waals surface area contributed by atoms with Gasteiger partial charge in [0.1, 0.15) is 5.82 Å². The van der Waals surface area contributed by atoms with E-state index >= 15 is 0 Å². The van der Waals surface area contributed by atoms with Crippen molar-refractivity contribution < 1.29 is 4.39 Å². The highest BCUT2D eigenvalue weighted by atomic mass is 19.1. The standard InChI is InChI=1S/C14H21FN2/c1-12-11-13(3-4-14(12)15)5-9-17-8-2-6-16-7-10-17/h3-4,11,16H,2,5-10H2,1H3. The van der Waals surface area contributed by atoms with Gasteiger partial charge in [0, 0.05) is 19.6 Å². The first-order valence-corrected chi connectivity index (χ1v) is 6.44. The normalized spacial score (nSPS) is 18.0. The molecule has 1 aliphatic heterocycles. The van der Waals surface area contributed by atoms with Gasteiger partial charge < -0.3 is 10.2 Å². The summed E-state index contributed by atoms with van der Waals surface area (Å²) in [7, 11) is 0. The van der Waals surface area contributed by atoms with Crippen molar-refractivity contribution in [2.45, 2.75) is 19.8 Å². The maximum Gasteiger partial charge on any atom is 0.126 e. The molecule has 0 amide bonds. The summed E-state index contributed by atoms with van der Waals surface area (Å²) in [4.78, 5) is 2.48. The van der Waals surface area contributed by atoms with Crippen LogP contribution in [0.1, 0.15) is 17.5 Å². The molecule has 2 nitrogen and oxygen atoms in total. The Kier molecular flexibility index (Phi) is 4.51. The molecule has 0 aromatic heterocycles. The van der Waals surface area contributed by atoms with Crippen LogP contribution in [0.5, 0.6) is 0 Å². The average Bonchev–Trinajstić information content (AvgIpc) is 2.59. The van der Waals surface area contributed by atoms with Crippen molar-refractivity contribution in [2.24, 2.45) is 0 Å². The predicted octanol–water partition coefficient (Wildman–Crippen LogP) is 1.97. The second-order valence-electron chi connectivity index (χ2n) is 4.78. The molecule has 0 spiro atoms. The maximum absolute atomic E-state index is 13.1. The Labute approximate surface area is 103 Å². The molecule has 1 N–H and O–H groups in total.